The van der Waals surface area contributed by atoms with Crippen molar-refractivity contribution in [2.45, 2.75) is 31.3 Å². The molecule has 5 rings (SSSR count). The van der Waals surface area contributed by atoms with Crippen LogP contribution in [0.3, 0.4) is 0 Å². The van der Waals surface area contributed by atoms with Crippen LogP contribution in [0, 0.1) is 0 Å². The number of oxime groups is 1. The third kappa shape index (κ3) is 5.43. The maximum absolute atomic E-state index is 13.2. The van der Waals surface area contributed by atoms with Gasteiger partial charge in [-0.2, -0.15) is 0 Å². The summed E-state index contributed by atoms with van der Waals surface area (Å²) >= 11 is 1.02. The first-order chi connectivity index (χ1) is 20.0. The molecule has 5 N–H and O–H groups in total. The Kier molecular flexibility index (Phi) is 7.71. The Bertz CT molecular complexity index is 1600. The maximum Gasteiger partial charge on any atom is 0.352 e. The number of nitrogen functional groups attached to an aromatic ring is 1. The number of allylic oxidation sites excluding steroid dienone is 2. The predicted molar refractivity (Wildman–Crippen MR) is 146 cm³/mol. The lowest BCUT2D eigenvalue weighted by Gasteiger charge is -2.50. The minimum atomic E-state index is -1.33. The SMILES string of the molecule is C[n+]1cccc(N2CCC(=CC3=C(C(=O)O)N4C(=O)[C@@H](NC(=O)C(=NOCC(=O)O)c5csc(N)n5)[C@H]4CC3)C2=O)c1. The number of anilines is 2. The molecule has 2 atom stereocenters. The van der Waals surface area contributed by atoms with Gasteiger partial charge in [0, 0.05) is 23.6 Å². The van der Waals surface area contributed by atoms with Crippen LogP contribution >= 0.6 is 11.3 Å². The summed E-state index contributed by atoms with van der Waals surface area (Å²) in [7, 11) is 1.85. The fourth-order valence-corrected chi connectivity index (χ4v) is 5.68. The van der Waals surface area contributed by atoms with E-state index in [0.717, 1.165) is 21.9 Å². The molecule has 2 aromatic heterocycles. The number of nitrogens with zero attached hydrogens (tertiary/aromatic N) is 5. The number of amides is 3. The van der Waals surface area contributed by atoms with Crippen molar-refractivity contribution < 1.29 is 43.6 Å². The summed E-state index contributed by atoms with van der Waals surface area (Å²) in [6, 6.07) is 1.92. The first kappa shape index (κ1) is 28.4. The van der Waals surface area contributed by atoms with E-state index in [1.165, 1.54) is 5.38 Å². The van der Waals surface area contributed by atoms with E-state index in [1.54, 1.807) is 11.0 Å². The standard InChI is InChI=1S/C26H25N7O8S/c1-31-7-2-3-15(10-31)32-8-6-14(23(32)37)9-13-4-5-17-20(24(38)33(17)21(13)25(39)40)29-22(36)19(30-41-11-18(34)35)16-12-42-26(27)28-16/h2-3,7,9-10,12,17,20H,4-6,8,11H2,1H3,(H4-,27,28,29,34,35,36,39,40)/p+1/t17-,20+/m1/s1. The highest BCUT2D eigenvalue weighted by molar-refractivity contribution is 7.13. The Balaban J connectivity index is 1.34. The number of aliphatic carboxylic acids is 2. The summed E-state index contributed by atoms with van der Waals surface area (Å²) in [5.74, 6) is -4.41. The highest BCUT2D eigenvalue weighted by Crippen LogP contribution is 2.38. The van der Waals surface area contributed by atoms with Gasteiger partial charge in [0.05, 0.1) is 6.04 Å². The largest absolute Gasteiger partial charge is 0.479 e. The monoisotopic (exact) mass is 596 g/mol. The molecule has 0 unspecified atom stereocenters. The summed E-state index contributed by atoms with van der Waals surface area (Å²) in [6.45, 7) is -0.376. The lowest BCUT2D eigenvalue weighted by molar-refractivity contribution is -0.670. The Morgan fingerprint density at radius 3 is 2.76 bits per heavy atom. The molecule has 2 aromatic rings. The fraction of sp³-hybridized carbons (Fsp3) is 0.308. The smallest absolute Gasteiger partial charge is 0.352 e. The molecular weight excluding hydrogens is 570 g/mol. The van der Waals surface area contributed by atoms with Crippen molar-refractivity contribution in [3.05, 3.63) is 58.5 Å². The van der Waals surface area contributed by atoms with Gasteiger partial charge in [-0.25, -0.2) is 19.1 Å². The maximum atomic E-state index is 13.2. The first-order valence-electron chi connectivity index (χ1n) is 12.8. The molecule has 16 heteroatoms. The van der Waals surface area contributed by atoms with Gasteiger partial charge in [0.25, 0.3) is 17.7 Å². The highest BCUT2D eigenvalue weighted by Gasteiger charge is 2.53. The van der Waals surface area contributed by atoms with Crippen LogP contribution in [0.25, 0.3) is 0 Å². The lowest BCUT2D eigenvalue weighted by atomic mass is 9.82. The number of hydrogen-bond acceptors (Lipinski definition) is 10. The minimum absolute atomic E-state index is 0.0206. The van der Waals surface area contributed by atoms with Gasteiger partial charge < -0.3 is 31.0 Å². The summed E-state index contributed by atoms with van der Waals surface area (Å²) in [5, 5.41) is 26.5. The number of thiazole rings is 1. The van der Waals surface area contributed by atoms with Crippen molar-refractivity contribution in [3.8, 4) is 0 Å². The van der Waals surface area contributed by atoms with Crippen molar-refractivity contribution in [2.75, 3.05) is 23.8 Å². The van der Waals surface area contributed by atoms with Gasteiger partial charge in [-0.15, -0.1) is 11.3 Å². The lowest BCUT2D eigenvalue weighted by Crippen LogP contribution is -2.72. The van der Waals surface area contributed by atoms with E-state index in [9.17, 15) is 29.1 Å². The number of nitrogens with one attached hydrogen (secondary N) is 1. The Labute approximate surface area is 242 Å². The molecule has 0 bridgehead atoms. The van der Waals surface area contributed by atoms with Crippen molar-refractivity contribution in [3.63, 3.8) is 0 Å². The molecule has 2 saturated heterocycles. The van der Waals surface area contributed by atoms with Gasteiger partial charge >= 0.3 is 11.9 Å². The average molecular weight is 597 g/mol. The van der Waals surface area contributed by atoms with Crippen LogP contribution in [0.1, 0.15) is 25.0 Å². The van der Waals surface area contributed by atoms with E-state index in [0.29, 0.717) is 30.5 Å². The van der Waals surface area contributed by atoms with E-state index in [2.05, 4.69) is 15.5 Å². The number of hydrogen-bond donors (Lipinski definition) is 4. The number of aromatic nitrogens is 2. The fourth-order valence-electron chi connectivity index (χ4n) is 5.13. The molecule has 0 spiro atoms. The molecule has 0 radical (unpaired) electrons. The van der Waals surface area contributed by atoms with E-state index >= 15 is 0 Å². The van der Waals surface area contributed by atoms with Crippen LogP contribution < -0.4 is 20.5 Å². The van der Waals surface area contributed by atoms with Gasteiger partial charge in [0.1, 0.15) is 30.2 Å². The number of aryl methyl sites for hydroxylation is 1. The normalized spacial score (nSPS) is 21.4. The topological polar surface area (TPSA) is 209 Å². The number of rotatable bonds is 9. The third-order valence-electron chi connectivity index (χ3n) is 7.00. The summed E-state index contributed by atoms with van der Waals surface area (Å²) in [6.07, 6.45) is 6.21. The quantitative estimate of drug-likeness (QED) is 0.0963. The number of nitrogens with two attached hydrogens (primary N) is 1. The second-order valence-electron chi connectivity index (χ2n) is 9.73. The molecular formula is C26H26N7O8S+. The Hall–Kier alpha value is -5.12. The summed E-state index contributed by atoms with van der Waals surface area (Å²) < 4.78 is 1.82. The van der Waals surface area contributed by atoms with Gasteiger partial charge in [-0.3, -0.25) is 19.3 Å². The number of carboxylic acids is 2. The third-order valence-corrected chi connectivity index (χ3v) is 7.67. The van der Waals surface area contributed by atoms with Gasteiger partial charge in [-0.1, -0.05) is 5.16 Å². The first-order valence-corrected chi connectivity index (χ1v) is 13.6. The number of carbonyl (C=O) groups excluding carboxylic acids is 3. The predicted octanol–water partition coefficient (Wildman–Crippen LogP) is -0.453. The molecule has 15 nitrogen and oxygen atoms in total. The van der Waals surface area contributed by atoms with Crippen LogP contribution in [0.2, 0.25) is 0 Å². The number of carbonyl (C=O) groups is 5. The van der Waals surface area contributed by atoms with Crippen molar-refractivity contribution in [1.29, 1.82) is 0 Å². The molecule has 2 fully saturated rings. The molecule has 3 aliphatic heterocycles. The van der Waals surface area contributed by atoms with Gasteiger partial charge in [0.2, 0.25) is 6.61 Å². The van der Waals surface area contributed by atoms with Crippen molar-refractivity contribution >= 4 is 57.5 Å². The van der Waals surface area contributed by atoms with Gasteiger partial charge in [-0.05, 0) is 37.0 Å². The van der Waals surface area contributed by atoms with Crippen LogP contribution in [0.5, 0.6) is 0 Å². The highest BCUT2D eigenvalue weighted by atomic mass is 32.1. The summed E-state index contributed by atoms with van der Waals surface area (Å²) in [4.78, 5) is 73.9. The Morgan fingerprint density at radius 1 is 1.31 bits per heavy atom. The average Bonchev–Trinajstić information content (AvgIpc) is 3.54. The Morgan fingerprint density at radius 2 is 2.10 bits per heavy atom. The van der Waals surface area contributed by atoms with E-state index in [4.69, 9.17) is 15.7 Å². The second kappa shape index (κ2) is 11.4. The zero-order chi connectivity index (χ0) is 30.1. The van der Waals surface area contributed by atoms with Gasteiger partial charge in [0.15, 0.2) is 23.2 Å². The summed E-state index contributed by atoms with van der Waals surface area (Å²) in [5.41, 5.74) is 6.55. The number of β-lactam (4-membered cyclic amide) rings is 1. The molecule has 0 saturated carbocycles. The second-order valence-corrected chi connectivity index (χ2v) is 10.6. The molecule has 0 aliphatic carbocycles. The van der Waals surface area contributed by atoms with Crippen molar-refractivity contribution in [1.82, 2.24) is 15.2 Å². The van der Waals surface area contributed by atoms with Crippen molar-refractivity contribution in [2.24, 2.45) is 12.2 Å². The molecule has 42 heavy (non-hydrogen) atoms. The van der Waals surface area contributed by atoms with Crippen LogP contribution in [-0.4, -0.2) is 80.7 Å². The molecule has 0 aromatic carbocycles. The van der Waals surface area contributed by atoms with E-state index in [-0.39, 0.29) is 34.6 Å². The minimum Gasteiger partial charge on any atom is -0.479 e. The molecule has 3 aliphatic rings. The number of pyridine rings is 1. The van der Waals surface area contributed by atoms with Crippen LogP contribution in [-0.2, 0) is 35.9 Å². The van der Waals surface area contributed by atoms with E-state index in [1.807, 2.05) is 36.1 Å². The number of carboxylic acid groups (broad SMARTS) is 2. The zero-order valence-electron chi connectivity index (χ0n) is 22.2. The zero-order valence-corrected chi connectivity index (χ0v) is 23.0. The molecule has 3 amide bonds. The molecule has 218 valence electrons. The molecule has 5 heterocycles. The van der Waals surface area contributed by atoms with Crippen LogP contribution in [0.4, 0.5) is 10.8 Å². The van der Waals surface area contributed by atoms with E-state index < -0.39 is 42.4 Å². The van der Waals surface area contributed by atoms with Crippen LogP contribution in [0.15, 0.2) is 58.0 Å². The number of fused-ring (bicyclic) bond motifs is 1.